The third-order valence-corrected chi connectivity index (χ3v) is 6.09. The Labute approximate surface area is 142 Å². The predicted molar refractivity (Wildman–Crippen MR) is 92.2 cm³/mol. The maximum atomic E-state index is 12.2. The highest BCUT2D eigenvalue weighted by Crippen LogP contribution is 2.20. The molecular weight excluding hydrogens is 328 g/mol. The van der Waals surface area contributed by atoms with Crippen LogP contribution in [0.3, 0.4) is 0 Å². The Bertz CT molecular complexity index is 736. The number of hydrogen-bond donors (Lipinski definition) is 0. The van der Waals surface area contributed by atoms with Gasteiger partial charge in [-0.15, -0.1) is 10.2 Å². The summed E-state index contributed by atoms with van der Waals surface area (Å²) in [6.45, 7) is 4.24. The first-order valence-electron chi connectivity index (χ1n) is 8.20. The maximum absolute atomic E-state index is 12.2. The monoisotopic (exact) mass is 350 g/mol. The van der Waals surface area contributed by atoms with Crippen LogP contribution in [0.4, 0.5) is 5.82 Å². The molecule has 1 fully saturated rings. The van der Waals surface area contributed by atoms with Gasteiger partial charge in [-0.1, -0.05) is 13.3 Å². The van der Waals surface area contributed by atoms with Crippen molar-refractivity contribution in [3.8, 4) is 11.5 Å². The number of unbranched alkanes of at least 4 members (excludes halogenated alkanes) is 1. The number of sulfonamides is 1. The Morgan fingerprint density at radius 2 is 1.92 bits per heavy atom. The molecule has 0 amide bonds. The van der Waals surface area contributed by atoms with E-state index in [1.807, 2.05) is 31.2 Å². The van der Waals surface area contributed by atoms with Crippen LogP contribution in [-0.2, 0) is 10.0 Å². The summed E-state index contributed by atoms with van der Waals surface area (Å²) in [4.78, 5) is 2.06. The second-order valence-corrected chi connectivity index (χ2v) is 7.90. The van der Waals surface area contributed by atoms with Crippen LogP contribution in [0.2, 0.25) is 0 Å². The standard InChI is InChI=1S/C16H22N4O3S/c1-2-3-13-24(21,22)20-10-8-19(9-11-20)16-7-6-14(17-18-16)15-5-4-12-23-15/h4-7,12H,2-3,8-11,13H2,1H3. The van der Waals surface area contributed by atoms with E-state index in [0.717, 1.165) is 12.2 Å². The summed E-state index contributed by atoms with van der Waals surface area (Å²) in [6, 6.07) is 7.41. The molecule has 1 aliphatic heterocycles. The Balaban J connectivity index is 1.60. The van der Waals surface area contributed by atoms with Crippen molar-refractivity contribution in [1.29, 1.82) is 0 Å². The molecule has 0 bridgehead atoms. The van der Waals surface area contributed by atoms with E-state index in [1.165, 1.54) is 0 Å². The van der Waals surface area contributed by atoms with Crippen molar-refractivity contribution < 1.29 is 12.8 Å². The lowest BCUT2D eigenvalue weighted by molar-refractivity contribution is 0.383. The Morgan fingerprint density at radius 3 is 2.50 bits per heavy atom. The highest BCUT2D eigenvalue weighted by Gasteiger charge is 2.27. The molecule has 0 radical (unpaired) electrons. The summed E-state index contributed by atoms with van der Waals surface area (Å²) in [5, 5.41) is 8.43. The molecule has 1 aliphatic rings. The van der Waals surface area contributed by atoms with Gasteiger partial charge in [0.2, 0.25) is 10.0 Å². The summed E-state index contributed by atoms with van der Waals surface area (Å²) in [5.41, 5.74) is 0.685. The van der Waals surface area contributed by atoms with Gasteiger partial charge in [-0.25, -0.2) is 8.42 Å². The number of hydrogen-bond acceptors (Lipinski definition) is 6. The third kappa shape index (κ3) is 3.76. The van der Waals surface area contributed by atoms with Crippen LogP contribution in [0.5, 0.6) is 0 Å². The molecule has 8 heteroatoms. The lowest BCUT2D eigenvalue weighted by atomic mass is 10.3. The summed E-state index contributed by atoms with van der Waals surface area (Å²) in [5.74, 6) is 1.68. The van der Waals surface area contributed by atoms with Crippen LogP contribution < -0.4 is 4.90 Å². The molecule has 7 nitrogen and oxygen atoms in total. The summed E-state index contributed by atoms with van der Waals surface area (Å²) >= 11 is 0. The van der Waals surface area contributed by atoms with Gasteiger partial charge in [-0.2, -0.15) is 4.31 Å². The van der Waals surface area contributed by atoms with Gasteiger partial charge in [0, 0.05) is 26.2 Å². The van der Waals surface area contributed by atoms with Crippen LogP contribution in [0.15, 0.2) is 34.9 Å². The molecule has 2 aromatic heterocycles. The van der Waals surface area contributed by atoms with Crippen molar-refractivity contribution in [3.05, 3.63) is 30.5 Å². The SMILES string of the molecule is CCCCS(=O)(=O)N1CCN(c2ccc(-c3ccco3)nn2)CC1. The number of furan rings is 1. The Kier molecular flexibility index (Phi) is 5.15. The molecule has 0 saturated carbocycles. The fourth-order valence-corrected chi connectivity index (χ4v) is 4.33. The summed E-state index contributed by atoms with van der Waals surface area (Å²) in [7, 11) is -3.13. The molecule has 3 rings (SSSR count). The molecule has 0 N–H and O–H groups in total. The van der Waals surface area contributed by atoms with Gasteiger partial charge in [0.1, 0.15) is 5.69 Å². The third-order valence-electron chi connectivity index (χ3n) is 4.14. The molecule has 0 aliphatic carbocycles. The van der Waals surface area contributed by atoms with Gasteiger partial charge in [0.05, 0.1) is 12.0 Å². The van der Waals surface area contributed by atoms with Gasteiger partial charge in [-0.3, -0.25) is 0 Å². The maximum Gasteiger partial charge on any atom is 0.214 e. The first-order valence-corrected chi connectivity index (χ1v) is 9.81. The van der Waals surface area contributed by atoms with Gasteiger partial charge in [-0.05, 0) is 30.7 Å². The molecule has 0 atom stereocenters. The topological polar surface area (TPSA) is 79.5 Å². The van der Waals surface area contributed by atoms with Crippen LogP contribution in [0.25, 0.3) is 11.5 Å². The normalized spacial score (nSPS) is 16.5. The highest BCUT2D eigenvalue weighted by molar-refractivity contribution is 7.89. The average molecular weight is 350 g/mol. The highest BCUT2D eigenvalue weighted by atomic mass is 32.2. The van der Waals surface area contributed by atoms with E-state index in [1.54, 1.807) is 10.6 Å². The van der Waals surface area contributed by atoms with E-state index in [9.17, 15) is 8.42 Å². The predicted octanol–water partition coefficient (Wildman–Crippen LogP) is 1.99. The molecule has 130 valence electrons. The van der Waals surface area contributed by atoms with E-state index in [2.05, 4.69) is 15.1 Å². The van der Waals surface area contributed by atoms with Crippen LogP contribution in [0.1, 0.15) is 19.8 Å². The number of aromatic nitrogens is 2. The van der Waals surface area contributed by atoms with Crippen molar-refractivity contribution in [1.82, 2.24) is 14.5 Å². The number of anilines is 1. The quantitative estimate of drug-likeness (QED) is 0.793. The second kappa shape index (κ2) is 7.31. The lowest BCUT2D eigenvalue weighted by Gasteiger charge is -2.34. The smallest absolute Gasteiger partial charge is 0.214 e. The summed E-state index contributed by atoms with van der Waals surface area (Å²) in [6.07, 6.45) is 3.20. The van der Waals surface area contributed by atoms with E-state index >= 15 is 0 Å². The van der Waals surface area contributed by atoms with Crippen molar-refractivity contribution >= 4 is 15.8 Å². The molecule has 1 saturated heterocycles. The van der Waals surface area contributed by atoms with Gasteiger partial charge in [0.25, 0.3) is 0 Å². The molecule has 24 heavy (non-hydrogen) atoms. The fraction of sp³-hybridized carbons (Fsp3) is 0.500. The van der Waals surface area contributed by atoms with E-state index in [-0.39, 0.29) is 5.75 Å². The van der Waals surface area contributed by atoms with Crippen LogP contribution >= 0.6 is 0 Å². The number of nitrogens with zero attached hydrogens (tertiary/aromatic N) is 4. The minimum absolute atomic E-state index is 0.237. The average Bonchev–Trinajstić information content (AvgIpc) is 3.15. The van der Waals surface area contributed by atoms with E-state index in [4.69, 9.17) is 4.42 Å². The van der Waals surface area contributed by atoms with E-state index < -0.39 is 10.0 Å². The first kappa shape index (κ1) is 16.9. The molecule has 2 aromatic rings. The Hall–Kier alpha value is -1.93. The molecule has 3 heterocycles. The molecule has 0 aromatic carbocycles. The largest absolute Gasteiger partial charge is 0.463 e. The van der Waals surface area contributed by atoms with Crippen molar-refractivity contribution in [2.45, 2.75) is 19.8 Å². The summed E-state index contributed by atoms with van der Waals surface area (Å²) < 4.78 is 31.4. The zero-order chi connectivity index (χ0) is 17.0. The first-order chi connectivity index (χ1) is 11.6. The molecule has 0 spiro atoms. The fourth-order valence-electron chi connectivity index (χ4n) is 2.70. The lowest BCUT2D eigenvalue weighted by Crippen LogP contribution is -2.49. The van der Waals surface area contributed by atoms with Crippen molar-refractivity contribution in [3.63, 3.8) is 0 Å². The Morgan fingerprint density at radius 1 is 1.12 bits per heavy atom. The number of rotatable bonds is 6. The van der Waals surface area contributed by atoms with Gasteiger partial charge >= 0.3 is 0 Å². The van der Waals surface area contributed by atoms with E-state index in [0.29, 0.717) is 44.1 Å². The van der Waals surface area contributed by atoms with Crippen molar-refractivity contribution in [2.24, 2.45) is 0 Å². The van der Waals surface area contributed by atoms with Crippen LogP contribution in [0, 0.1) is 0 Å². The zero-order valence-corrected chi connectivity index (χ0v) is 14.6. The minimum Gasteiger partial charge on any atom is -0.463 e. The van der Waals surface area contributed by atoms with Crippen LogP contribution in [-0.4, -0.2) is 54.9 Å². The van der Waals surface area contributed by atoms with Crippen molar-refractivity contribution in [2.75, 3.05) is 36.8 Å². The number of piperazine rings is 1. The molecular formula is C16H22N4O3S. The minimum atomic E-state index is -3.13. The second-order valence-electron chi connectivity index (χ2n) is 5.81. The zero-order valence-electron chi connectivity index (χ0n) is 13.8. The molecule has 0 unspecified atom stereocenters. The van der Waals surface area contributed by atoms with Gasteiger partial charge in [0.15, 0.2) is 11.6 Å². The van der Waals surface area contributed by atoms with Gasteiger partial charge < -0.3 is 9.32 Å².